The summed E-state index contributed by atoms with van der Waals surface area (Å²) in [5, 5.41) is 3.95. The number of aliphatic hydroxyl groups excluding tert-OH is 1. The monoisotopic (exact) mass is 167 g/mol. The normalized spacial score (nSPS) is 16.8. The van der Waals surface area contributed by atoms with E-state index >= 15 is 0 Å². The van der Waals surface area contributed by atoms with Crippen LogP contribution in [-0.2, 0) is 9.53 Å². The Morgan fingerprint density at radius 2 is 2.64 bits per heavy atom. The molecule has 0 unspecified atom stereocenters. The molecule has 0 bridgehead atoms. The largest absolute Gasteiger partial charge is 0.469 e. The third-order valence-electron chi connectivity index (χ3n) is 1.26. The quantitative estimate of drug-likeness (QED) is 0.526. The van der Waals surface area contributed by atoms with Gasteiger partial charge >= 0.3 is 5.97 Å². The maximum atomic E-state index is 12.0. The summed E-state index contributed by atoms with van der Waals surface area (Å²) in [6.07, 6.45) is -1.21. The number of carbonyl (C=O) groups is 1. The Morgan fingerprint density at radius 3 is 3.00 bits per heavy atom. The fraction of sp³-hybridized carbons (Fsp3) is 0.833. The van der Waals surface area contributed by atoms with Crippen LogP contribution < -0.4 is 5.73 Å². The Hall–Kier alpha value is -0.680. The van der Waals surface area contributed by atoms with Crippen molar-refractivity contribution in [1.29, 1.82) is 1.43 Å². The number of esters is 1. The molecule has 4 nitrogen and oxygen atoms in total. The first-order valence-electron chi connectivity index (χ1n) is 3.56. The number of halogens is 1. The average Bonchev–Trinajstić information content (AvgIpc) is 2.06. The summed E-state index contributed by atoms with van der Waals surface area (Å²) < 4.78 is 22.7. The van der Waals surface area contributed by atoms with Gasteiger partial charge in [-0.2, -0.15) is 0 Å². The van der Waals surface area contributed by atoms with E-state index in [1.165, 1.54) is 7.11 Å². The van der Waals surface area contributed by atoms with Crippen molar-refractivity contribution in [3.63, 3.8) is 0 Å². The Balaban J connectivity index is 3.83. The van der Waals surface area contributed by atoms with Gasteiger partial charge in [-0.1, -0.05) is 0 Å². The van der Waals surface area contributed by atoms with Gasteiger partial charge in [-0.3, -0.25) is 4.79 Å². The third kappa shape index (κ3) is 3.90. The standard InChI is InChI=1S/C6H12FNO3/c1-11-6(10)2-4(8)5(9)3-7/h4-5,9H,2-3,8H2,1H3/t4-,5-/m1/s1/i9T. The Kier molecular flexibility index (Phi) is 3.85. The van der Waals surface area contributed by atoms with Gasteiger partial charge in [-0.05, 0) is 0 Å². The van der Waals surface area contributed by atoms with Gasteiger partial charge in [-0.15, -0.1) is 0 Å². The number of hydrogen-bond donors (Lipinski definition) is 2. The number of aliphatic hydroxyl groups is 1. The van der Waals surface area contributed by atoms with Crippen LogP contribution >= 0.6 is 0 Å². The Morgan fingerprint density at radius 1 is 2.00 bits per heavy atom. The maximum Gasteiger partial charge on any atom is 0.307 e. The van der Waals surface area contributed by atoms with Crippen LogP contribution in [-0.4, -0.2) is 38.4 Å². The van der Waals surface area contributed by atoms with Gasteiger partial charge in [0.1, 0.15) is 6.67 Å². The lowest BCUT2D eigenvalue weighted by atomic mass is 10.1. The average molecular weight is 167 g/mol. The number of hydrogen-bond acceptors (Lipinski definition) is 4. The molecule has 0 saturated heterocycles. The summed E-state index contributed by atoms with van der Waals surface area (Å²) in [6.45, 7) is -0.887. The first-order valence-corrected chi connectivity index (χ1v) is 3.16. The number of ether oxygens (including phenoxy) is 1. The molecule has 0 aromatic rings. The van der Waals surface area contributed by atoms with Crippen LogP contribution in [0.4, 0.5) is 4.39 Å². The molecule has 0 aliphatic rings. The molecule has 0 rings (SSSR count). The van der Waals surface area contributed by atoms with E-state index < -0.39 is 24.8 Å². The van der Waals surface area contributed by atoms with E-state index in [1.807, 2.05) is 0 Å². The molecule has 0 amide bonds. The zero-order valence-electron chi connectivity index (χ0n) is 7.25. The lowest BCUT2D eigenvalue weighted by Crippen LogP contribution is -2.38. The number of nitrogens with two attached hydrogens (primary N) is 1. The zero-order valence-corrected chi connectivity index (χ0v) is 6.25. The molecule has 0 radical (unpaired) electrons. The number of alkyl halides is 1. The summed E-state index contributed by atoms with van der Waals surface area (Å²) in [7, 11) is 1.21. The molecule has 66 valence electrons. The van der Waals surface area contributed by atoms with Crippen LogP contribution in [0, 0.1) is 0 Å². The first kappa shape index (κ1) is 8.42. The molecule has 0 heterocycles. The topological polar surface area (TPSA) is 72.5 Å². The van der Waals surface area contributed by atoms with Crippen molar-refractivity contribution in [3.05, 3.63) is 0 Å². The molecule has 3 N–H and O–H groups in total. The molecule has 5 heteroatoms. The molecule has 0 spiro atoms. The summed E-state index contributed by atoms with van der Waals surface area (Å²) in [6, 6.07) is -0.833. The predicted molar refractivity (Wildman–Crippen MR) is 36.6 cm³/mol. The van der Waals surface area contributed by atoms with Gasteiger partial charge < -0.3 is 15.6 Å². The van der Waals surface area contributed by atoms with Crippen molar-refractivity contribution in [2.24, 2.45) is 5.73 Å². The second-order valence-electron chi connectivity index (χ2n) is 2.14. The van der Waals surface area contributed by atoms with Crippen LogP contribution in [0.1, 0.15) is 6.42 Å². The van der Waals surface area contributed by atoms with Crippen LogP contribution in [0.5, 0.6) is 0 Å². The van der Waals surface area contributed by atoms with Gasteiger partial charge in [0.05, 0.1) is 19.6 Å². The molecule has 0 aromatic carbocycles. The van der Waals surface area contributed by atoms with E-state index in [9.17, 15) is 9.18 Å². The van der Waals surface area contributed by atoms with Crippen molar-refractivity contribution >= 4 is 5.97 Å². The van der Waals surface area contributed by atoms with E-state index in [-0.39, 0.29) is 6.42 Å². The van der Waals surface area contributed by atoms with Gasteiger partial charge in [0.25, 0.3) is 0 Å². The van der Waals surface area contributed by atoms with E-state index in [1.54, 1.807) is 0 Å². The fourth-order valence-electron chi connectivity index (χ4n) is 0.522. The molecule has 0 aromatic heterocycles. The smallest absolute Gasteiger partial charge is 0.307 e. The number of carbonyl (C=O) groups excluding carboxylic acids is 1. The number of methoxy groups -OCH3 is 1. The van der Waals surface area contributed by atoms with E-state index in [4.69, 9.17) is 7.16 Å². The van der Waals surface area contributed by atoms with Crippen molar-refractivity contribution < 1.29 is 19.0 Å². The fourth-order valence-corrected chi connectivity index (χ4v) is 0.522. The molecule has 0 fully saturated rings. The highest BCUT2D eigenvalue weighted by Gasteiger charge is 2.17. The lowest BCUT2D eigenvalue weighted by Gasteiger charge is -2.13. The molecule has 0 aliphatic heterocycles. The minimum Gasteiger partial charge on any atom is -0.469 e. The second-order valence-corrected chi connectivity index (χ2v) is 2.14. The molecule has 0 saturated carbocycles. The van der Waals surface area contributed by atoms with Gasteiger partial charge in [0, 0.05) is 6.04 Å². The SMILES string of the molecule is [3H]O[C@H](CF)[C@H](N)CC(=O)OC. The van der Waals surface area contributed by atoms with Crippen molar-refractivity contribution in [2.75, 3.05) is 13.8 Å². The second kappa shape index (κ2) is 5.03. The minimum atomic E-state index is -1.07. The van der Waals surface area contributed by atoms with Crippen molar-refractivity contribution in [1.82, 2.24) is 0 Å². The molecule has 11 heavy (non-hydrogen) atoms. The summed E-state index contributed by atoms with van der Waals surface area (Å²) in [5.41, 5.74) is 5.33. The third-order valence-corrected chi connectivity index (χ3v) is 1.26. The highest BCUT2D eigenvalue weighted by molar-refractivity contribution is 5.69. The highest BCUT2D eigenvalue weighted by atomic mass is 19.1. The summed E-state index contributed by atoms with van der Waals surface area (Å²) in [4.78, 5) is 10.6. The summed E-state index contributed by atoms with van der Waals surface area (Å²) in [5.74, 6) is -0.544. The maximum absolute atomic E-state index is 12.0. The summed E-state index contributed by atoms with van der Waals surface area (Å²) >= 11 is 0. The first-order chi connectivity index (χ1) is 5.65. The van der Waals surface area contributed by atoms with Crippen molar-refractivity contribution in [2.45, 2.75) is 18.6 Å². The molecule has 2 atom stereocenters. The molecule has 0 aliphatic carbocycles. The van der Waals surface area contributed by atoms with Crippen LogP contribution in [0.3, 0.4) is 0 Å². The highest BCUT2D eigenvalue weighted by Crippen LogP contribution is 1.97. The van der Waals surface area contributed by atoms with Crippen LogP contribution in [0.25, 0.3) is 0 Å². The van der Waals surface area contributed by atoms with E-state index in [0.29, 0.717) is 0 Å². The van der Waals surface area contributed by atoms with Crippen molar-refractivity contribution in [3.8, 4) is 0 Å². The van der Waals surface area contributed by atoms with E-state index in [0.717, 1.165) is 0 Å². The molecular weight excluding hydrogens is 153 g/mol. The van der Waals surface area contributed by atoms with Crippen LogP contribution in [0.15, 0.2) is 0 Å². The zero-order chi connectivity index (χ0) is 9.56. The lowest BCUT2D eigenvalue weighted by molar-refractivity contribution is -0.141. The van der Waals surface area contributed by atoms with Gasteiger partial charge in [0.2, 0.25) is 1.43 Å². The van der Waals surface area contributed by atoms with E-state index in [2.05, 4.69) is 9.85 Å². The predicted octanol–water partition coefficient (Wildman–Crippen LogP) is -0.793. The Labute approximate surface area is 65.6 Å². The minimum absolute atomic E-state index is 0.149. The van der Waals surface area contributed by atoms with Crippen LogP contribution in [0.2, 0.25) is 0 Å². The van der Waals surface area contributed by atoms with Gasteiger partial charge in [-0.25, -0.2) is 4.39 Å². The molecular formula is C6H12FNO3. The number of rotatable bonds is 5. The van der Waals surface area contributed by atoms with Gasteiger partial charge in [0.15, 0.2) is 0 Å². The Bertz CT molecular complexity index is 143.